The molecular weight excluding hydrogens is 428 g/mol. The molecule has 4 rings (SSSR count). The Bertz CT molecular complexity index is 1100. The molecule has 0 saturated heterocycles. The summed E-state index contributed by atoms with van der Waals surface area (Å²) < 4.78 is 6.83. The van der Waals surface area contributed by atoms with Crippen LogP contribution in [0.2, 0.25) is 0 Å². The Labute approximate surface area is 178 Å². The van der Waals surface area contributed by atoms with Crippen LogP contribution in [-0.4, -0.2) is 11.6 Å². The van der Waals surface area contributed by atoms with E-state index in [0.29, 0.717) is 11.4 Å². The molecule has 0 aliphatic carbocycles. The van der Waals surface area contributed by atoms with E-state index in [0.717, 1.165) is 27.2 Å². The average Bonchev–Trinajstić information content (AvgIpc) is 2.98. The van der Waals surface area contributed by atoms with Gasteiger partial charge in [-0.1, -0.05) is 48.8 Å². The molecule has 4 nitrogen and oxygen atoms in total. The zero-order chi connectivity index (χ0) is 20.6. The van der Waals surface area contributed by atoms with Crippen molar-refractivity contribution in [2.45, 2.75) is 26.2 Å². The minimum absolute atomic E-state index is 0.111. The summed E-state index contributed by atoms with van der Waals surface area (Å²) in [5.41, 5.74) is 4.04. The van der Waals surface area contributed by atoms with Crippen LogP contribution in [0, 0.1) is 0 Å². The maximum Gasteiger partial charge on any atom is 0.275 e. The first-order valence-corrected chi connectivity index (χ1v) is 10.2. The molecule has 1 amide bonds. The van der Waals surface area contributed by atoms with E-state index in [9.17, 15) is 4.79 Å². The van der Waals surface area contributed by atoms with Gasteiger partial charge in [0.15, 0.2) is 0 Å². The summed E-state index contributed by atoms with van der Waals surface area (Å²) in [7, 11) is 0. The molecule has 0 radical (unpaired) electrons. The van der Waals surface area contributed by atoms with E-state index in [1.165, 1.54) is 5.56 Å². The first-order chi connectivity index (χ1) is 13.8. The third-order valence-corrected chi connectivity index (χ3v) is 5.23. The summed E-state index contributed by atoms with van der Waals surface area (Å²) in [4.78, 5) is 16.8. The molecule has 146 valence electrons. The highest BCUT2D eigenvalue weighted by molar-refractivity contribution is 9.10. The van der Waals surface area contributed by atoms with Crippen LogP contribution >= 0.6 is 15.9 Å². The summed E-state index contributed by atoms with van der Waals surface area (Å²) in [6.07, 6.45) is 0. The molecule has 0 unspecified atom stereocenters. The van der Waals surface area contributed by atoms with Crippen molar-refractivity contribution in [1.82, 2.24) is 0 Å². The maximum atomic E-state index is 12.3. The largest absolute Gasteiger partial charge is 0.457 e. The number of fused-ring (bicyclic) bond motifs is 1. The van der Waals surface area contributed by atoms with Crippen LogP contribution in [0.15, 0.2) is 76.2 Å². The molecule has 1 heterocycles. The summed E-state index contributed by atoms with van der Waals surface area (Å²) >= 11 is 3.44. The Morgan fingerprint density at radius 1 is 0.897 bits per heavy atom. The smallest absolute Gasteiger partial charge is 0.275 e. The van der Waals surface area contributed by atoms with Gasteiger partial charge in [0.05, 0.1) is 11.4 Å². The zero-order valence-electron chi connectivity index (χ0n) is 16.5. The number of hydrogen-bond acceptors (Lipinski definition) is 3. The van der Waals surface area contributed by atoms with Gasteiger partial charge in [-0.15, -0.1) is 0 Å². The second kappa shape index (κ2) is 7.48. The SMILES string of the molecule is CC(C)(C)c1ccc(Oc2ccc(N=C3C(=O)Nc4ccc(Br)cc43)cc2)cc1. The zero-order valence-corrected chi connectivity index (χ0v) is 18.1. The number of ether oxygens (including phenoxy) is 1. The fourth-order valence-corrected chi connectivity index (χ4v) is 3.47. The van der Waals surface area contributed by atoms with Crippen LogP contribution in [-0.2, 0) is 10.2 Å². The molecule has 3 aromatic rings. The number of carbonyl (C=O) groups excluding carboxylic acids is 1. The minimum atomic E-state index is -0.197. The van der Waals surface area contributed by atoms with Gasteiger partial charge in [-0.25, -0.2) is 4.99 Å². The molecular formula is C24H21BrN2O2. The maximum absolute atomic E-state index is 12.3. The highest BCUT2D eigenvalue weighted by Crippen LogP contribution is 2.30. The number of nitrogens with one attached hydrogen (secondary N) is 1. The van der Waals surface area contributed by atoms with Gasteiger partial charge in [0.25, 0.3) is 5.91 Å². The lowest BCUT2D eigenvalue weighted by Gasteiger charge is -2.19. The van der Waals surface area contributed by atoms with Crippen LogP contribution in [0.1, 0.15) is 31.9 Å². The highest BCUT2D eigenvalue weighted by atomic mass is 79.9. The van der Waals surface area contributed by atoms with Crippen molar-refractivity contribution in [3.63, 3.8) is 0 Å². The van der Waals surface area contributed by atoms with E-state index in [1.807, 2.05) is 54.6 Å². The van der Waals surface area contributed by atoms with Gasteiger partial charge in [0.1, 0.15) is 17.2 Å². The second-order valence-corrected chi connectivity index (χ2v) is 8.89. The standard InChI is InChI=1S/C24H21BrN2O2/c1-24(2,3)15-4-9-18(10-5-15)29-19-11-7-17(8-12-19)26-22-20-14-16(25)6-13-21(20)27-23(22)28/h4-14H,1-3H3,(H,26,27,28). The van der Waals surface area contributed by atoms with Crippen LogP contribution in [0.5, 0.6) is 11.5 Å². The van der Waals surface area contributed by atoms with E-state index >= 15 is 0 Å². The normalized spacial score (nSPS) is 14.6. The fraction of sp³-hybridized carbons (Fsp3) is 0.167. The lowest BCUT2D eigenvalue weighted by molar-refractivity contribution is -0.110. The molecule has 0 bridgehead atoms. The van der Waals surface area contributed by atoms with Crippen molar-refractivity contribution in [3.05, 3.63) is 82.3 Å². The third kappa shape index (κ3) is 4.25. The predicted octanol–water partition coefficient (Wildman–Crippen LogP) is 6.61. The molecule has 0 saturated carbocycles. The average molecular weight is 449 g/mol. The molecule has 5 heteroatoms. The number of benzene rings is 3. The van der Waals surface area contributed by atoms with E-state index in [2.05, 4.69) is 59.1 Å². The Morgan fingerprint density at radius 3 is 2.14 bits per heavy atom. The Morgan fingerprint density at radius 2 is 1.52 bits per heavy atom. The molecule has 0 spiro atoms. The number of nitrogens with zero attached hydrogens (tertiary/aromatic N) is 1. The Hall–Kier alpha value is -2.92. The van der Waals surface area contributed by atoms with Crippen LogP contribution in [0.3, 0.4) is 0 Å². The number of anilines is 1. The molecule has 0 atom stereocenters. The first-order valence-electron chi connectivity index (χ1n) is 9.38. The summed E-state index contributed by atoms with van der Waals surface area (Å²) in [5, 5.41) is 2.84. The van der Waals surface area contributed by atoms with Crippen molar-refractivity contribution in [3.8, 4) is 11.5 Å². The Kier molecular flexibility index (Phi) is 5.01. The summed E-state index contributed by atoms with van der Waals surface area (Å²) in [6, 6.07) is 21.2. The van der Waals surface area contributed by atoms with Crippen molar-refractivity contribution in [1.29, 1.82) is 0 Å². The van der Waals surface area contributed by atoms with Gasteiger partial charge in [-0.2, -0.15) is 0 Å². The third-order valence-electron chi connectivity index (χ3n) is 4.73. The second-order valence-electron chi connectivity index (χ2n) is 7.97. The number of halogens is 1. The van der Waals surface area contributed by atoms with Gasteiger partial charge in [0.2, 0.25) is 0 Å². The monoisotopic (exact) mass is 448 g/mol. The molecule has 1 aliphatic heterocycles. The van der Waals surface area contributed by atoms with Gasteiger partial charge >= 0.3 is 0 Å². The molecule has 1 aliphatic rings. The number of carbonyl (C=O) groups is 1. The Balaban J connectivity index is 1.52. The lowest BCUT2D eigenvalue weighted by atomic mass is 9.87. The van der Waals surface area contributed by atoms with E-state index in [1.54, 1.807) is 0 Å². The van der Waals surface area contributed by atoms with E-state index in [4.69, 9.17) is 4.74 Å². The van der Waals surface area contributed by atoms with Crippen molar-refractivity contribution < 1.29 is 9.53 Å². The number of amides is 1. The molecule has 0 fully saturated rings. The summed E-state index contributed by atoms with van der Waals surface area (Å²) in [5.74, 6) is 1.31. The van der Waals surface area contributed by atoms with Crippen LogP contribution in [0.25, 0.3) is 0 Å². The van der Waals surface area contributed by atoms with E-state index in [-0.39, 0.29) is 11.3 Å². The molecule has 0 aromatic heterocycles. The van der Waals surface area contributed by atoms with Crippen LogP contribution < -0.4 is 10.1 Å². The lowest BCUT2D eigenvalue weighted by Crippen LogP contribution is -2.13. The van der Waals surface area contributed by atoms with Crippen molar-refractivity contribution >= 4 is 38.9 Å². The van der Waals surface area contributed by atoms with Crippen molar-refractivity contribution in [2.75, 3.05) is 5.32 Å². The van der Waals surface area contributed by atoms with Gasteiger partial charge in [-0.05, 0) is 65.6 Å². The topological polar surface area (TPSA) is 50.7 Å². The number of rotatable bonds is 3. The fourth-order valence-electron chi connectivity index (χ4n) is 3.11. The van der Waals surface area contributed by atoms with Gasteiger partial charge in [0, 0.05) is 10.0 Å². The molecule has 1 N–H and O–H groups in total. The number of hydrogen-bond donors (Lipinski definition) is 1. The molecule has 3 aromatic carbocycles. The first kappa shape index (κ1) is 19.4. The van der Waals surface area contributed by atoms with Gasteiger partial charge < -0.3 is 10.1 Å². The molecule has 29 heavy (non-hydrogen) atoms. The van der Waals surface area contributed by atoms with Crippen LogP contribution in [0.4, 0.5) is 11.4 Å². The highest BCUT2D eigenvalue weighted by Gasteiger charge is 2.26. The minimum Gasteiger partial charge on any atom is -0.457 e. The quantitative estimate of drug-likeness (QED) is 0.489. The summed E-state index contributed by atoms with van der Waals surface area (Å²) in [6.45, 7) is 6.56. The van der Waals surface area contributed by atoms with Crippen molar-refractivity contribution in [2.24, 2.45) is 4.99 Å². The number of aliphatic imine (C=N–C) groups is 1. The predicted molar refractivity (Wildman–Crippen MR) is 121 cm³/mol. The van der Waals surface area contributed by atoms with E-state index < -0.39 is 0 Å². The van der Waals surface area contributed by atoms with Gasteiger partial charge in [-0.3, -0.25) is 4.79 Å².